The molecule has 13 heteroatoms. The highest BCUT2D eigenvalue weighted by molar-refractivity contribution is 5.82. The smallest absolute Gasteiger partial charge is 0.446 e. The number of piperidine rings is 1. The van der Waals surface area contributed by atoms with Crippen molar-refractivity contribution in [3.05, 3.63) is 76.6 Å². The summed E-state index contributed by atoms with van der Waals surface area (Å²) in [7, 11) is 1.99. The van der Waals surface area contributed by atoms with Crippen molar-refractivity contribution in [3.8, 4) is 5.75 Å². The molecule has 2 heterocycles. The second kappa shape index (κ2) is 14.3. The molecule has 1 amide bonds. The number of fused-ring (bicyclic) bond motifs is 1. The lowest BCUT2D eigenvalue weighted by molar-refractivity contribution is -0.161. The lowest BCUT2D eigenvalue weighted by Gasteiger charge is -2.58. The van der Waals surface area contributed by atoms with Gasteiger partial charge in [0, 0.05) is 30.1 Å². The number of aldehydes is 1. The predicted molar refractivity (Wildman–Crippen MR) is 162 cm³/mol. The van der Waals surface area contributed by atoms with E-state index in [1.807, 2.05) is 33.0 Å². The van der Waals surface area contributed by atoms with Gasteiger partial charge in [-0.15, -0.1) is 0 Å². The van der Waals surface area contributed by atoms with Crippen molar-refractivity contribution in [2.45, 2.75) is 82.6 Å². The van der Waals surface area contributed by atoms with Gasteiger partial charge in [-0.2, -0.15) is 13.2 Å². The summed E-state index contributed by atoms with van der Waals surface area (Å²) in [6.07, 6.45) is -5.31. The molecule has 10 nitrogen and oxygen atoms in total. The number of rotatable bonds is 7. The summed E-state index contributed by atoms with van der Waals surface area (Å²) in [6.45, 7) is 4.46. The van der Waals surface area contributed by atoms with Gasteiger partial charge in [0.25, 0.3) is 5.91 Å². The number of aliphatic hydroxyl groups excluding tert-OH is 2. The van der Waals surface area contributed by atoms with Crippen molar-refractivity contribution in [2.24, 2.45) is 0 Å². The van der Waals surface area contributed by atoms with E-state index < -0.39 is 47.6 Å². The number of nitrogens with one attached hydrogen (secondary N) is 1. The van der Waals surface area contributed by atoms with E-state index in [9.17, 15) is 38.1 Å². The Morgan fingerprint density at radius 1 is 1.22 bits per heavy atom. The van der Waals surface area contributed by atoms with E-state index in [1.54, 1.807) is 36.4 Å². The van der Waals surface area contributed by atoms with Gasteiger partial charge >= 0.3 is 12.1 Å². The molecule has 0 aromatic heterocycles. The van der Waals surface area contributed by atoms with Crippen LogP contribution in [0.5, 0.6) is 5.75 Å². The minimum absolute atomic E-state index is 0. The van der Waals surface area contributed by atoms with Crippen LogP contribution in [-0.2, 0) is 31.1 Å². The normalized spacial score (nSPS) is 25.5. The van der Waals surface area contributed by atoms with E-state index in [1.165, 1.54) is 0 Å². The van der Waals surface area contributed by atoms with E-state index >= 15 is 0 Å². The molecule has 2 aromatic rings. The van der Waals surface area contributed by atoms with Crippen LogP contribution in [0.1, 0.15) is 62.0 Å². The Morgan fingerprint density at radius 3 is 2.48 bits per heavy atom. The fourth-order valence-corrected chi connectivity index (χ4v) is 6.55. The van der Waals surface area contributed by atoms with Gasteiger partial charge in [0.1, 0.15) is 11.5 Å². The van der Waals surface area contributed by atoms with Crippen molar-refractivity contribution in [2.75, 3.05) is 20.1 Å². The maximum absolute atomic E-state index is 12.9. The Kier molecular flexibility index (Phi) is 11.4. The summed E-state index contributed by atoms with van der Waals surface area (Å²) >= 11 is 0. The molecule has 1 fully saturated rings. The molecule has 0 bridgehead atoms. The Labute approximate surface area is 265 Å². The number of aliphatic hydroxyl groups is 3. The first-order valence-electron chi connectivity index (χ1n) is 14.5. The third-order valence-electron chi connectivity index (χ3n) is 8.96. The second-order valence-corrected chi connectivity index (χ2v) is 11.5. The molecule has 5 rings (SSSR count). The van der Waals surface area contributed by atoms with Crippen LogP contribution in [0.15, 0.2) is 54.3 Å². The minimum Gasteiger partial charge on any atom is -0.481 e. The van der Waals surface area contributed by atoms with Gasteiger partial charge in [-0.25, -0.2) is 0 Å². The highest BCUT2D eigenvalue weighted by Crippen LogP contribution is 2.61. The Balaban J connectivity index is 0.000000752. The Bertz CT molecular complexity index is 1450. The molecule has 0 unspecified atom stereocenters. The number of hydrogen-bond donors (Lipinski definition) is 4. The lowest BCUT2D eigenvalue weighted by Crippen LogP contribution is -2.71. The quantitative estimate of drug-likeness (QED) is 0.262. The number of alkyl halides is 3. The predicted octanol–water partition coefficient (Wildman–Crippen LogP) is 3.40. The number of aryl methyl sites for hydroxylation is 1. The molecule has 5 atom stereocenters. The first kappa shape index (κ1) is 36.7. The zero-order chi connectivity index (χ0) is 33.2. The number of carbonyl (C=O) groups is 3. The zero-order valence-corrected chi connectivity index (χ0v) is 25.1. The number of amides is 1. The summed E-state index contributed by atoms with van der Waals surface area (Å²) in [5.74, 6) is -0.284. The van der Waals surface area contributed by atoms with Crippen LogP contribution >= 0.6 is 0 Å². The van der Waals surface area contributed by atoms with Gasteiger partial charge in [0.05, 0.1) is 24.0 Å². The molecule has 1 saturated heterocycles. The first-order valence-corrected chi connectivity index (χ1v) is 14.5. The van der Waals surface area contributed by atoms with Crippen LogP contribution in [0.3, 0.4) is 0 Å². The fraction of sp³-hybridized carbons (Fsp3) is 0.485. The number of benzene rings is 2. The number of halogens is 3. The number of likely N-dealkylation sites (tertiary alicyclic amines) is 1. The van der Waals surface area contributed by atoms with E-state index in [-0.39, 0.29) is 39.5 Å². The molecule has 1 spiro atoms. The maximum atomic E-state index is 12.9. The van der Waals surface area contributed by atoms with Crippen LogP contribution in [0.4, 0.5) is 13.2 Å². The van der Waals surface area contributed by atoms with Gasteiger partial charge in [0.15, 0.2) is 12.2 Å². The molecule has 0 radical (unpaired) electrons. The number of likely N-dealkylation sites (N-methyl/N-ethyl adjacent to an activating group) is 1. The van der Waals surface area contributed by atoms with Crippen LogP contribution in [-0.4, -0.2) is 82.4 Å². The molecule has 46 heavy (non-hydrogen) atoms. The SMILES string of the molecule is C.Cc1ccc(CO)c2c1[C@]13CCN(C)[C@H](C)[C@]1(O)CC=C(OC(=O)CCNC(=O)[C@H](O)c1ccccc1)[C@@H]3O2.O=CC(F)(F)F. The fourth-order valence-electron chi connectivity index (χ4n) is 6.55. The highest BCUT2D eigenvalue weighted by Gasteiger charge is 2.69. The van der Waals surface area contributed by atoms with Crippen molar-refractivity contribution < 1.29 is 52.3 Å². The largest absolute Gasteiger partial charge is 0.481 e. The van der Waals surface area contributed by atoms with Gasteiger partial charge in [0.2, 0.25) is 6.29 Å². The third-order valence-corrected chi connectivity index (χ3v) is 8.96. The van der Waals surface area contributed by atoms with Crippen LogP contribution in [0.25, 0.3) is 0 Å². The summed E-state index contributed by atoms with van der Waals surface area (Å²) < 4.78 is 43.5. The molecular weight excluding hydrogens is 609 g/mol. The van der Waals surface area contributed by atoms with Gasteiger partial charge in [-0.3, -0.25) is 14.4 Å². The summed E-state index contributed by atoms with van der Waals surface area (Å²) in [4.78, 5) is 36.1. The molecule has 4 N–H and O–H groups in total. The lowest BCUT2D eigenvalue weighted by atomic mass is 9.54. The average molecular weight is 651 g/mol. The molecule has 1 aliphatic carbocycles. The van der Waals surface area contributed by atoms with Crippen LogP contribution in [0, 0.1) is 6.92 Å². The third kappa shape index (κ3) is 6.82. The van der Waals surface area contributed by atoms with Crippen molar-refractivity contribution in [3.63, 3.8) is 0 Å². The van der Waals surface area contributed by atoms with Crippen molar-refractivity contribution in [1.29, 1.82) is 0 Å². The Morgan fingerprint density at radius 2 is 1.87 bits per heavy atom. The van der Waals surface area contributed by atoms with Gasteiger partial charge < -0.3 is 35.0 Å². The van der Waals surface area contributed by atoms with Gasteiger partial charge in [-0.05, 0) is 51.1 Å². The van der Waals surface area contributed by atoms with Crippen molar-refractivity contribution >= 4 is 18.2 Å². The van der Waals surface area contributed by atoms with Crippen molar-refractivity contribution in [1.82, 2.24) is 10.2 Å². The van der Waals surface area contributed by atoms with Gasteiger partial charge in [-0.1, -0.05) is 49.9 Å². The molecular formula is C33H41F3N2O8. The second-order valence-electron chi connectivity index (χ2n) is 11.5. The topological polar surface area (TPSA) is 146 Å². The highest BCUT2D eigenvalue weighted by atomic mass is 19.4. The number of esters is 1. The van der Waals surface area contributed by atoms with Crippen LogP contribution < -0.4 is 10.1 Å². The minimum atomic E-state index is -4.64. The molecule has 2 aromatic carbocycles. The average Bonchev–Trinajstić information content (AvgIpc) is 3.38. The summed E-state index contributed by atoms with van der Waals surface area (Å²) in [5, 5.41) is 35.1. The number of ether oxygens (including phenoxy) is 2. The standard InChI is InChI=1S/C30H36N2O7.C2HF3O.CH4/c1-18-9-10-21(17-33)26-24(18)29-14-16-32(3)19(2)30(29,37)13-11-22(27(29)39-26)38-23(34)12-15-31-28(36)25(35)20-7-5-4-6-8-20;3-2(4,5)1-6;/h4-11,19,25,27,33,35,37H,12-17H2,1-3H3,(H,31,36);1H;1H4/t19-,25-,27+,29+,30-;;/m1../s1. The van der Waals surface area contributed by atoms with E-state index in [2.05, 4.69) is 10.2 Å². The maximum Gasteiger partial charge on any atom is 0.446 e. The molecule has 3 aliphatic rings. The first-order chi connectivity index (χ1) is 21.2. The monoisotopic (exact) mass is 650 g/mol. The molecule has 0 saturated carbocycles. The van der Waals surface area contributed by atoms with E-state index in [0.717, 1.165) is 11.1 Å². The number of carbonyl (C=O) groups excluding carboxylic acids is 3. The van der Waals surface area contributed by atoms with E-state index in [0.29, 0.717) is 35.6 Å². The molecule has 252 valence electrons. The van der Waals surface area contributed by atoms with Crippen LogP contribution in [0.2, 0.25) is 0 Å². The zero-order valence-electron chi connectivity index (χ0n) is 25.1. The van der Waals surface area contributed by atoms with E-state index in [4.69, 9.17) is 14.3 Å². The summed E-state index contributed by atoms with van der Waals surface area (Å²) in [5.41, 5.74) is 0.857. The Hall–Kier alpha value is -3.78. The number of nitrogens with zero attached hydrogens (tertiary/aromatic N) is 1. The number of hydrogen-bond acceptors (Lipinski definition) is 9. The summed E-state index contributed by atoms with van der Waals surface area (Å²) in [6, 6.07) is 12.1. The molecule has 2 aliphatic heterocycles.